The monoisotopic (exact) mass is 381 g/mol. The molecule has 6 nitrogen and oxygen atoms in total. The number of urea groups is 1. The maximum Gasteiger partial charge on any atom is 0.321 e. The Morgan fingerprint density at radius 2 is 2.17 bits per heavy atom. The third kappa shape index (κ3) is 4.03. The Bertz CT molecular complexity index is 584. The Morgan fingerprint density at radius 1 is 1.30 bits per heavy atom. The second kappa shape index (κ2) is 7.31. The van der Waals surface area contributed by atoms with Crippen molar-refractivity contribution >= 4 is 27.9 Å². The van der Waals surface area contributed by atoms with Crippen molar-refractivity contribution in [3.63, 3.8) is 0 Å². The van der Waals surface area contributed by atoms with E-state index < -0.39 is 0 Å². The van der Waals surface area contributed by atoms with Crippen LogP contribution in [0, 0.1) is 0 Å². The number of likely N-dealkylation sites (tertiary alicyclic amines) is 1. The number of halogens is 1. The fourth-order valence-electron chi connectivity index (χ4n) is 3.01. The smallest absolute Gasteiger partial charge is 0.321 e. The predicted molar refractivity (Wildman–Crippen MR) is 89.0 cm³/mol. The summed E-state index contributed by atoms with van der Waals surface area (Å²) in [6, 6.07) is 8.25. The second-order valence-corrected chi connectivity index (χ2v) is 6.78. The van der Waals surface area contributed by atoms with Crippen LogP contribution in [-0.2, 0) is 9.53 Å². The lowest BCUT2D eigenvalue weighted by molar-refractivity contribution is -0.128. The fourth-order valence-corrected chi connectivity index (χ4v) is 3.43. The van der Waals surface area contributed by atoms with Gasteiger partial charge in [-0.1, -0.05) is 28.1 Å². The molecule has 2 aliphatic heterocycles. The minimum Gasteiger partial charge on any atom is -0.352 e. The third-order valence-corrected chi connectivity index (χ3v) is 4.73. The van der Waals surface area contributed by atoms with Crippen LogP contribution in [0.2, 0.25) is 0 Å². The molecule has 23 heavy (non-hydrogen) atoms. The molecule has 0 saturated carbocycles. The summed E-state index contributed by atoms with van der Waals surface area (Å²) in [5.41, 5.74) is 1.26. The number of benzene rings is 1. The van der Waals surface area contributed by atoms with Gasteiger partial charge < -0.3 is 15.0 Å². The summed E-state index contributed by atoms with van der Waals surface area (Å²) in [5.74, 6) is 0.236. The van der Waals surface area contributed by atoms with Crippen LogP contribution in [0.5, 0.6) is 0 Å². The van der Waals surface area contributed by atoms with Gasteiger partial charge in [0, 0.05) is 36.6 Å². The summed E-state index contributed by atoms with van der Waals surface area (Å²) in [4.78, 5) is 27.4. The van der Waals surface area contributed by atoms with Crippen LogP contribution < -0.4 is 5.32 Å². The van der Waals surface area contributed by atoms with Gasteiger partial charge in [0.25, 0.3) is 0 Å². The number of ether oxygens (including phenoxy) is 1. The Kier molecular flexibility index (Phi) is 5.17. The van der Waals surface area contributed by atoms with E-state index in [2.05, 4.69) is 33.4 Å². The molecule has 124 valence electrons. The Labute approximate surface area is 143 Å². The van der Waals surface area contributed by atoms with Crippen molar-refractivity contribution in [1.82, 2.24) is 15.1 Å². The molecule has 0 spiro atoms. The molecule has 3 rings (SSSR count). The molecular formula is C16H20BrN3O3. The van der Waals surface area contributed by atoms with Crippen molar-refractivity contribution in [2.45, 2.75) is 12.3 Å². The van der Waals surface area contributed by atoms with Crippen molar-refractivity contribution in [2.24, 2.45) is 0 Å². The molecule has 1 N–H and O–H groups in total. The predicted octanol–water partition coefficient (Wildman–Crippen LogP) is 1.76. The first-order valence-electron chi connectivity index (χ1n) is 7.77. The lowest BCUT2D eigenvalue weighted by Crippen LogP contribution is -2.48. The summed E-state index contributed by atoms with van der Waals surface area (Å²) >= 11 is 3.50. The van der Waals surface area contributed by atoms with Crippen LogP contribution in [0.3, 0.4) is 0 Å². The molecule has 2 saturated heterocycles. The number of hydrogen-bond acceptors (Lipinski definition) is 3. The van der Waals surface area contributed by atoms with E-state index in [4.69, 9.17) is 4.74 Å². The minimum atomic E-state index is -0.131. The molecule has 2 heterocycles. The number of rotatable bonds is 1. The molecule has 0 aliphatic carbocycles. The van der Waals surface area contributed by atoms with E-state index >= 15 is 0 Å². The van der Waals surface area contributed by atoms with Crippen molar-refractivity contribution in [3.8, 4) is 0 Å². The van der Waals surface area contributed by atoms with Crippen LogP contribution >= 0.6 is 15.9 Å². The normalized spacial score (nSPS) is 22.5. The molecule has 1 unspecified atom stereocenters. The summed E-state index contributed by atoms with van der Waals surface area (Å²) < 4.78 is 6.33. The van der Waals surface area contributed by atoms with E-state index in [0.29, 0.717) is 19.0 Å². The maximum atomic E-state index is 12.6. The fraction of sp³-hybridized carbons (Fsp3) is 0.500. The average Bonchev–Trinajstić information content (AvgIpc) is 3.00. The molecule has 1 aromatic rings. The minimum absolute atomic E-state index is 0.00441. The Morgan fingerprint density at radius 3 is 3.00 bits per heavy atom. The van der Waals surface area contributed by atoms with E-state index in [9.17, 15) is 9.59 Å². The first-order chi connectivity index (χ1) is 11.1. The first-order valence-corrected chi connectivity index (χ1v) is 8.56. The topological polar surface area (TPSA) is 61.9 Å². The highest BCUT2D eigenvalue weighted by Crippen LogP contribution is 2.29. The van der Waals surface area contributed by atoms with Crippen LogP contribution in [-0.4, -0.2) is 61.3 Å². The van der Waals surface area contributed by atoms with E-state index in [1.807, 2.05) is 17.0 Å². The standard InChI is InChI=1S/C16H20BrN3O3/c17-14-3-1-2-12(8-14)13-4-6-19(9-13)16(22)20-7-5-18-15(21)10-23-11-20/h1-3,8,13H,4-7,9-11H2,(H,18,21). The van der Waals surface area contributed by atoms with Gasteiger partial charge in [-0.05, 0) is 24.1 Å². The third-order valence-electron chi connectivity index (χ3n) is 4.23. The van der Waals surface area contributed by atoms with Gasteiger partial charge in [-0.3, -0.25) is 9.69 Å². The molecule has 3 amide bonds. The van der Waals surface area contributed by atoms with Crippen LogP contribution in [0.4, 0.5) is 4.79 Å². The van der Waals surface area contributed by atoms with Gasteiger partial charge >= 0.3 is 6.03 Å². The summed E-state index contributed by atoms with van der Waals surface area (Å²) in [7, 11) is 0. The molecule has 0 radical (unpaired) electrons. The average molecular weight is 382 g/mol. The van der Waals surface area contributed by atoms with Crippen LogP contribution in [0.1, 0.15) is 17.9 Å². The lowest BCUT2D eigenvalue weighted by atomic mass is 9.99. The van der Waals surface area contributed by atoms with Crippen molar-refractivity contribution < 1.29 is 14.3 Å². The van der Waals surface area contributed by atoms with Crippen LogP contribution in [0.25, 0.3) is 0 Å². The highest BCUT2D eigenvalue weighted by Gasteiger charge is 2.30. The lowest BCUT2D eigenvalue weighted by Gasteiger charge is -2.29. The molecule has 1 aromatic carbocycles. The van der Waals surface area contributed by atoms with Gasteiger partial charge in [-0.25, -0.2) is 4.79 Å². The van der Waals surface area contributed by atoms with Gasteiger partial charge in [0.2, 0.25) is 5.91 Å². The summed E-state index contributed by atoms with van der Waals surface area (Å²) in [5, 5.41) is 2.72. The zero-order valence-corrected chi connectivity index (χ0v) is 14.4. The molecule has 2 fully saturated rings. The first kappa shape index (κ1) is 16.3. The van der Waals surface area contributed by atoms with Gasteiger partial charge in [0.15, 0.2) is 0 Å². The summed E-state index contributed by atoms with van der Waals surface area (Å²) in [6.07, 6.45) is 0.966. The molecule has 1 atom stereocenters. The Balaban J connectivity index is 1.59. The summed E-state index contributed by atoms with van der Waals surface area (Å²) in [6.45, 7) is 2.59. The molecule has 0 aromatic heterocycles. The van der Waals surface area contributed by atoms with E-state index in [1.165, 1.54) is 5.56 Å². The van der Waals surface area contributed by atoms with Crippen molar-refractivity contribution in [3.05, 3.63) is 34.3 Å². The molecular weight excluding hydrogens is 362 g/mol. The highest BCUT2D eigenvalue weighted by atomic mass is 79.9. The number of nitrogens with zero attached hydrogens (tertiary/aromatic N) is 2. The van der Waals surface area contributed by atoms with E-state index in [0.717, 1.165) is 24.0 Å². The van der Waals surface area contributed by atoms with Gasteiger partial charge in [-0.2, -0.15) is 0 Å². The number of carbonyl (C=O) groups excluding carboxylic acids is 2. The van der Waals surface area contributed by atoms with Gasteiger partial charge in [-0.15, -0.1) is 0 Å². The number of nitrogens with one attached hydrogen (secondary N) is 1. The van der Waals surface area contributed by atoms with Gasteiger partial charge in [0.1, 0.15) is 13.3 Å². The molecule has 2 aliphatic rings. The quantitative estimate of drug-likeness (QED) is 0.806. The zero-order chi connectivity index (χ0) is 16.2. The van der Waals surface area contributed by atoms with E-state index in [1.54, 1.807) is 4.90 Å². The zero-order valence-electron chi connectivity index (χ0n) is 12.8. The number of carbonyl (C=O) groups is 2. The largest absolute Gasteiger partial charge is 0.352 e. The number of hydrogen-bond donors (Lipinski definition) is 1. The molecule has 7 heteroatoms. The van der Waals surface area contributed by atoms with Crippen LogP contribution in [0.15, 0.2) is 28.7 Å². The molecule has 0 bridgehead atoms. The highest BCUT2D eigenvalue weighted by molar-refractivity contribution is 9.10. The SMILES string of the molecule is O=C1COCN(C(=O)N2CCC(c3cccc(Br)c3)C2)CCN1. The Hall–Kier alpha value is -1.60. The number of amides is 3. The van der Waals surface area contributed by atoms with E-state index in [-0.39, 0.29) is 25.3 Å². The second-order valence-electron chi connectivity index (χ2n) is 5.86. The van der Waals surface area contributed by atoms with Crippen molar-refractivity contribution in [2.75, 3.05) is 39.5 Å². The maximum absolute atomic E-state index is 12.6. The van der Waals surface area contributed by atoms with Crippen molar-refractivity contribution in [1.29, 1.82) is 0 Å². The van der Waals surface area contributed by atoms with Gasteiger partial charge in [0.05, 0.1) is 0 Å².